The van der Waals surface area contributed by atoms with Gasteiger partial charge in [-0.1, -0.05) is 6.42 Å². The molecule has 23 heavy (non-hydrogen) atoms. The number of furan rings is 1. The van der Waals surface area contributed by atoms with Crippen LogP contribution in [0.25, 0.3) is 11.2 Å². The first-order chi connectivity index (χ1) is 11.4. The highest BCUT2D eigenvalue weighted by molar-refractivity contribution is 5.81. The van der Waals surface area contributed by atoms with Gasteiger partial charge in [0.2, 0.25) is 0 Å². The van der Waals surface area contributed by atoms with Crippen molar-refractivity contribution < 1.29 is 4.42 Å². The highest BCUT2D eigenvalue weighted by atomic mass is 16.3. The molecule has 1 fully saturated rings. The van der Waals surface area contributed by atoms with Crippen LogP contribution in [0.1, 0.15) is 31.1 Å². The van der Waals surface area contributed by atoms with Gasteiger partial charge in [0.25, 0.3) is 0 Å². The van der Waals surface area contributed by atoms with Crippen molar-refractivity contribution >= 4 is 17.0 Å². The van der Waals surface area contributed by atoms with Gasteiger partial charge in [-0.2, -0.15) is 0 Å². The minimum atomic E-state index is 0.207. The molecule has 1 saturated heterocycles. The maximum atomic E-state index is 5.68. The van der Waals surface area contributed by atoms with E-state index in [2.05, 4.69) is 30.2 Å². The lowest BCUT2D eigenvalue weighted by Crippen LogP contribution is -2.37. The van der Waals surface area contributed by atoms with E-state index in [-0.39, 0.29) is 6.04 Å². The normalized spacial score (nSPS) is 17.4. The first-order valence-electron chi connectivity index (χ1n) is 8.07. The molecule has 0 bridgehead atoms. The van der Waals surface area contributed by atoms with Gasteiger partial charge in [-0.05, 0) is 38.1 Å². The molecule has 3 aromatic heterocycles. The van der Waals surface area contributed by atoms with Crippen molar-refractivity contribution in [3.8, 4) is 0 Å². The minimum absolute atomic E-state index is 0.207. The van der Waals surface area contributed by atoms with Crippen molar-refractivity contribution in [3.05, 3.63) is 36.8 Å². The average Bonchev–Trinajstić information content (AvgIpc) is 3.28. The summed E-state index contributed by atoms with van der Waals surface area (Å²) in [5.41, 5.74) is 1.51. The second-order valence-corrected chi connectivity index (χ2v) is 5.83. The van der Waals surface area contributed by atoms with Gasteiger partial charge in [0.1, 0.15) is 17.6 Å². The molecule has 0 aromatic carbocycles. The lowest BCUT2D eigenvalue weighted by atomic mass is 10.1. The summed E-state index contributed by atoms with van der Waals surface area (Å²) >= 11 is 0. The molecule has 0 saturated carbocycles. The van der Waals surface area contributed by atoms with Crippen molar-refractivity contribution in [1.82, 2.24) is 24.8 Å². The molecule has 0 amide bonds. The minimum Gasteiger partial charge on any atom is -0.468 e. The van der Waals surface area contributed by atoms with E-state index in [9.17, 15) is 0 Å². The predicted octanol–water partition coefficient (Wildman–Crippen LogP) is 2.58. The molecule has 0 radical (unpaired) electrons. The molecule has 120 valence electrons. The highest BCUT2D eigenvalue weighted by Gasteiger charge is 2.24. The lowest BCUT2D eigenvalue weighted by Gasteiger charge is -2.33. The Morgan fingerprint density at radius 2 is 2.13 bits per heavy atom. The molecule has 4 heterocycles. The number of aromatic amines is 1. The summed E-state index contributed by atoms with van der Waals surface area (Å²) in [7, 11) is 0. The molecule has 0 unspecified atom stereocenters. The van der Waals surface area contributed by atoms with Crippen molar-refractivity contribution in [3.63, 3.8) is 0 Å². The molecule has 1 aliphatic rings. The third-order valence-electron chi connectivity index (χ3n) is 4.39. The third-order valence-corrected chi connectivity index (χ3v) is 4.39. The van der Waals surface area contributed by atoms with Gasteiger partial charge in [-0.25, -0.2) is 15.0 Å². The van der Waals surface area contributed by atoms with Gasteiger partial charge < -0.3 is 14.7 Å². The Hall–Kier alpha value is -2.41. The van der Waals surface area contributed by atoms with Crippen molar-refractivity contribution in [2.75, 3.05) is 25.0 Å². The summed E-state index contributed by atoms with van der Waals surface area (Å²) in [6, 6.07) is 4.20. The number of anilines is 1. The van der Waals surface area contributed by atoms with Crippen LogP contribution in [0, 0.1) is 0 Å². The van der Waals surface area contributed by atoms with Crippen LogP contribution in [0.2, 0.25) is 0 Å². The summed E-state index contributed by atoms with van der Waals surface area (Å²) < 4.78 is 5.68. The molecule has 4 rings (SSSR count). The van der Waals surface area contributed by atoms with Gasteiger partial charge in [0.15, 0.2) is 11.5 Å². The van der Waals surface area contributed by atoms with Crippen LogP contribution < -0.4 is 5.32 Å². The SMILES string of the molecule is c1coc([C@H](CNc2ncnc3nc[nH]c23)N2CCCCC2)c1. The number of piperidine rings is 1. The Kier molecular flexibility index (Phi) is 3.94. The molecule has 1 aliphatic heterocycles. The smallest absolute Gasteiger partial charge is 0.182 e. The molecular formula is C16H20N6O. The van der Waals surface area contributed by atoms with Crippen LogP contribution in [0.5, 0.6) is 0 Å². The molecule has 1 atom stereocenters. The second kappa shape index (κ2) is 6.37. The molecule has 0 aliphatic carbocycles. The van der Waals surface area contributed by atoms with Gasteiger partial charge >= 0.3 is 0 Å². The monoisotopic (exact) mass is 312 g/mol. The van der Waals surface area contributed by atoms with Gasteiger partial charge in [-0.15, -0.1) is 0 Å². The molecular weight excluding hydrogens is 292 g/mol. The summed E-state index contributed by atoms with van der Waals surface area (Å²) in [5, 5.41) is 3.44. The van der Waals surface area contributed by atoms with Crippen LogP contribution in [0.3, 0.4) is 0 Å². The van der Waals surface area contributed by atoms with Crippen LogP contribution >= 0.6 is 0 Å². The quantitative estimate of drug-likeness (QED) is 0.753. The molecule has 7 heteroatoms. The van der Waals surface area contributed by atoms with E-state index in [1.807, 2.05) is 12.1 Å². The van der Waals surface area contributed by atoms with E-state index in [0.717, 1.165) is 36.7 Å². The van der Waals surface area contributed by atoms with E-state index in [1.54, 1.807) is 12.6 Å². The number of aromatic nitrogens is 4. The largest absolute Gasteiger partial charge is 0.468 e. The number of nitrogens with one attached hydrogen (secondary N) is 2. The van der Waals surface area contributed by atoms with E-state index >= 15 is 0 Å². The average molecular weight is 312 g/mol. The highest BCUT2D eigenvalue weighted by Crippen LogP contribution is 2.26. The third kappa shape index (κ3) is 2.92. The number of nitrogens with zero attached hydrogens (tertiary/aromatic N) is 4. The number of hydrogen-bond donors (Lipinski definition) is 2. The van der Waals surface area contributed by atoms with E-state index < -0.39 is 0 Å². The van der Waals surface area contributed by atoms with E-state index in [4.69, 9.17) is 4.42 Å². The zero-order valence-corrected chi connectivity index (χ0v) is 12.9. The summed E-state index contributed by atoms with van der Waals surface area (Å²) in [6.45, 7) is 2.95. The Morgan fingerprint density at radius 3 is 2.96 bits per heavy atom. The number of fused-ring (bicyclic) bond motifs is 1. The number of likely N-dealkylation sites (tertiary alicyclic amines) is 1. The second-order valence-electron chi connectivity index (χ2n) is 5.83. The van der Waals surface area contributed by atoms with Crippen LogP contribution in [-0.2, 0) is 0 Å². The standard InChI is InChI=1S/C16H20N6O/c1-2-6-22(7-3-1)12(13-5-4-8-23-13)9-17-15-14-16(19-10-18-14)21-11-20-15/h4-5,8,10-12H,1-3,6-7,9H2,(H2,17,18,19,20,21)/t12-/m0/s1. The van der Waals surface area contributed by atoms with Gasteiger partial charge in [-0.3, -0.25) is 4.90 Å². The first kappa shape index (κ1) is 14.2. The van der Waals surface area contributed by atoms with E-state index in [0.29, 0.717) is 5.65 Å². The lowest BCUT2D eigenvalue weighted by molar-refractivity contribution is 0.153. The zero-order valence-electron chi connectivity index (χ0n) is 12.9. The van der Waals surface area contributed by atoms with Crippen LogP contribution in [0.4, 0.5) is 5.82 Å². The Bertz CT molecular complexity index is 747. The van der Waals surface area contributed by atoms with Gasteiger partial charge in [0, 0.05) is 6.54 Å². The fourth-order valence-corrected chi connectivity index (χ4v) is 3.21. The van der Waals surface area contributed by atoms with Crippen LogP contribution in [0.15, 0.2) is 35.5 Å². The Labute approximate surface area is 134 Å². The fraction of sp³-hybridized carbons (Fsp3) is 0.438. The number of hydrogen-bond acceptors (Lipinski definition) is 6. The maximum Gasteiger partial charge on any atom is 0.182 e. The molecule has 7 nitrogen and oxygen atoms in total. The van der Waals surface area contributed by atoms with Crippen molar-refractivity contribution in [2.45, 2.75) is 25.3 Å². The van der Waals surface area contributed by atoms with Crippen molar-refractivity contribution in [2.24, 2.45) is 0 Å². The fourth-order valence-electron chi connectivity index (χ4n) is 3.21. The van der Waals surface area contributed by atoms with E-state index in [1.165, 1.54) is 25.6 Å². The summed E-state index contributed by atoms with van der Waals surface area (Å²) in [4.78, 5) is 18.2. The summed E-state index contributed by atoms with van der Waals surface area (Å²) in [5.74, 6) is 1.77. The number of imidazole rings is 1. The molecule has 0 spiro atoms. The topological polar surface area (TPSA) is 82.9 Å². The zero-order chi connectivity index (χ0) is 15.5. The van der Waals surface area contributed by atoms with Gasteiger partial charge in [0.05, 0.1) is 18.6 Å². The predicted molar refractivity (Wildman–Crippen MR) is 87.0 cm³/mol. The number of rotatable bonds is 5. The van der Waals surface area contributed by atoms with Crippen LogP contribution in [-0.4, -0.2) is 44.5 Å². The Morgan fingerprint density at radius 1 is 1.22 bits per heavy atom. The molecule has 3 aromatic rings. The summed E-state index contributed by atoms with van der Waals surface area (Å²) in [6.07, 6.45) is 8.72. The van der Waals surface area contributed by atoms with Crippen molar-refractivity contribution in [1.29, 1.82) is 0 Å². The maximum absolute atomic E-state index is 5.68. The molecule has 2 N–H and O–H groups in total. The Balaban J connectivity index is 1.54. The number of H-pyrrole nitrogens is 1. The first-order valence-corrected chi connectivity index (χ1v) is 8.07.